The van der Waals surface area contributed by atoms with Crippen LogP contribution < -0.4 is 15.0 Å². The summed E-state index contributed by atoms with van der Waals surface area (Å²) in [4.78, 5) is 6.91. The highest BCUT2D eigenvalue weighted by Crippen LogP contribution is 2.44. The molecular weight excluding hydrogens is 464 g/mol. The Labute approximate surface area is 218 Å². The molecule has 1 N–H and O–H groups in total. The lowest BCUT2D eigenvalue weighted by atomic mass is 9.96. The summed E-state index contributed by atoms with van der Waals surface area (Å²) in [5.74, 6) is 1.65. The highest BCUT2D eigenvalue weighted by Gasteiger charge is 2.42. The average molecular weight is 497 g/mol. The van der Waals surface area contributed by atoms with Gasteiger partial charge in [0, 0.05) is 29.3 Å². The van der Waals surface area contributed by atoms with Crippen LogP contribution in [0.15, 0.2) is 79.0 Å². The topological polar surface area (TPSA) is 42.3 Å². The third-order valence-electron chi connectivity index (χ3n) is 6.89. The van der Waals surface area contributed by atoms with Gasteiger partial charge >= 0.3 is 0 Å². The van der Waals surface area contributed by atoms with E-state index in [1.165, 1.54) is 17.0 Å². The second-order valence-corrected chi connectivity index (χ2v) is 10.0. The van der Waals surface area contributed by atoms with Crippen LogP contribution in [0.5, 0.6) is 11.5 Å². The van der Waals surface area contributed by atoms with E-state index < -0.39 is 0 Å². The van der Waals surface area contributed by atoms with E-state index in [9.17, 15) is 0 Å². The number of hydrogen-bond acceptors (Lipinski definition) is 3. The molecule has 6 heteroatoms. The van der Waals surface area contributed by atoms with E-state index in [4.69, 9.17) is 17.0 Å². The molecule has 4 aromatic rings. The number of benzene rings is 2. The van der Waals surface area contributed by atoms with Crippen molar-refractivity contribution in [2.24, 2.45) is 0 Å². The molecule has 2 atom stereocenters. The van der Waals surface area contributed by atoms with Crippen LogP contribution in [-0.4, -0.2) is 14.7 Å². The third kappa shape index (κ3) is 4.37. The fourth-order valence-electron chi connectivity index (χ4n) is 5.32. The first-order chi connectivity index (χ1) is 17.3. The van der Waals surface area contributed by atoms with E-state index in [0.29, 0.717) is 11.2 Å². The number of ether oxygens (including phenoxy) is 1. The Morgan fingerprint density at radius 2 is 1.67 bits per heavy atom. The Morgan fingerprint density at radius 1 is 0.944 bits per heavy atom. The van der Waals surface area contributed by atoms with Crippen LogP contribution >= 0.6 is 12.2 Å². The maximum absolute atomic E-state index is 6.14. The molecule has 1 saturated heterocycles. The summed E-state index contributed by atoms with van der Waals surface area (Å²) in [5.41, 5.74) is 6.85. The molecule has 0 bridgehead atoms. The molecule has 1 fully saturated rings. The van der Waals surface area contributed by atoms with Crippen LogP contribution in [-0.2, 0) is 0 Å². The third-order valence-corrected chi connectivity index (χ3v) is 7.21. The van der Waals surface area contributed by atoms with Crippen LogP contribution in [0, 0.1) is 20.8 Å². The van der Waals surface area contributed by atoms with Crippen molar-refractivity contribution < 1.29 is 4.74 Å². The molecule has 36 heavy (non-hydrogen) atoms. The molecule has 2 aromatic carbocycles. The van der Waals surface area contributed by atoms with Crippen molar-refractivity contribution in [2.75, 3.05) is 4.90 Å². The van der Waals surface area contributed by atoms with Crippen LogP contribution in [0.2, 0.25) is 0 Å². The van der Waals surface area contributed by atoms with Gasteiger partial charge in [-0.25, -0.2) is 0 Å². The van der Waals surface area contributed by atoms with Gasteiger partial charge in [-0.3, -0.25) is 4.98 Å². The summed E-state index contributed by atoms with van der Waals surface area (Å²) in [6.07, 6.45) is 1.84. The molecule has 0 aliphatic carbocycles. The number of aryl methyl sites for hydroxylation is 2. The zero-order chi connectivity index (χ0) is 25.4. The molecule has 5 rings (SSSR count). The fourth-order valence-corrected chi connectivity index (χ4v) is 5.66. The summed E-state index contributed by atoms with van der Waals surface area (Å²) in [6, 6.07) is 24.8. The van der Waals surface area contributed by atoms with Crippen molar-refractivity contribution in [1.29, 1.82) is 0 Å². The second-order valence-electron chi connectivity index (χ2n) is 9.65. The predicted molar refractivity (Wildman–Crippen MR) is 150 cm³/mol. The van der Waals surface area contributed by atoms with Crippen molar-refractivity contribution >= 4 is 23.0 Å². The minimum atomic E-state index is -0.0669. The summed E-state index contributed by atoms with van der Waals surface area (Å²) in [7, 11) is 0. The lowest BCUT2D eigenvalue weighted by molar-refractivity contribution is 0.479. The Morgan fingerprint density at radius 3 is 2.31 bits per heavy atom. The quantitative estimate of drug-likeness (QED) is 0.283. The van der Waals surface area contributed by atoms with Gasteiger partial charge < -0.3 is 19.5 Å². The monoisotopic (exact) mass is 496 g/mol. The first kappa shape index (κ1) is 24.1. The largest absolute Gasteiger partial charge is 0.457 e. The molecule has 0 amide bonds. The van der Waals surface area contributed by atoms with Gasteiger partial charge in [-0.1, -0.05) is 24.3 Å². The van der Waals surface area contributed by atoms with E-state index in [-0.39, 0.29) is 12.1 Å². The Hall–Kier alpha value is -3.64. The zero-order valence-electron chi connectivity index (χ0n) is 21.4. The molecule has 1 aliphatic heterocycles. The molecule has 0 saturated carbocycles. The average Bonchev–Trinajstić information content (AvgIpc) is 3.36. The van der Waals surface area contributed by atoms with Gasteiger partial charge in [0.2, 0.25) is 0 Å². The Kier molecular flexibility index (Phi) is 6.54. The number of aromatic nitrogens is 2. The van der Waals surface area contributed by atoms with E-state index in [0.717, 1.165) is 28.4 Å². The molecule has 1 aliphatic rings. The fraction of sp³-hybridized carbons (Fsp3) is 0.267. The van der Waals surface area contributed by atoms with Crippen LogP contribution in [0.25, 0.3) is 0 Å². The Bertz CT molecular complexity index is 1380. The number of rotatable bonds is 6. The SMILES string of the molecule is Cc1ccccc1Oc1ccc(N2C(=S)N[C@H](c3ccccn3)[C@H]2c2cc(C)n(C(C)C)c2C)cc1. The van der Waals surface area contributed by atoms with Gasteiger partial charge in [0.05, 0.1) is 17.8 Å². The molecule has 0 radical (unpaired) electrons. The molecule has 3 heterocycles. The van der Waals surface area contributed by atoms with Crippen LogP contribution in [0.1, 0.15) is 60.2 Å². The first-order valence-corrected chi connectivity index (χ1v) is 12.8. The van der Waals surface area contributed by atoms with Gasteiger partial charge in [0.25, 0.3) is 0 Å². The highest BCUT2D eigenvalue weighted by atomic mass is 32.1. The lowest BCUT2D eigenvalue weighted by Crippen LogP contribution is -2.29. The summed E-state index contributed by atoms with van der Waals surface area (Å²) in [5, 5.41) is 4.26. The van der Waals surface area contributed by atoms with E-state index >= 15 is 0 Å². The Balaban J connectivity index is 1.55. The van der Waals surface area contributed by atoms with E-state index in [1.54, 1.807) is 0 Å². The van der Waals surface area contributed by atoms with Crippen molar-refractivity contribution in [3.8, 4) is 11.5 Å². The normalized spacial score (nSPS) is 17.5. The standard InChI is InChI=1S/C30H32N4OS/c1-19(2)33-21(4)18-25(22(33)5)29-28(26-11-8-9-17-31-26)32-30(36)34(29)23-13-15-24(16-14-23)35-27-12-7-6-10-20(27)3/h6-19,28-29H,1-5H3,(H,32,36)/t28-,29-/m1/s1. The minimum absolute atomic E-state index is 0.0331. The van der Waals surface area contributed by atoms with Gasteiger partial charge in [-0.15, -0.1) is 0 Å². The van der Waals surface area contributed by atoms with Crippen LogP contribution in [0.4, 0.5) is 5.69 Å². The molecule has 184 valence electrons. The van der Waals surface area contributed by atoms with Crippen molar-refractivity contribution in [3.63, 3.8) is 0 Å². The number of hydrogen-bond donors (Lipinski definition) is 1. The summed E-state index contributed by atoms with van der Waals surface area (Å²) < 4.78 is 8.53. The predicted octanol–water partition coefficient (Wildman–Crippen LogP) is 7.36. The summed E-state index contributed by atoms with van der Waals surface area (Å²) >= 11 is 5.91. The first-order valence-electron chi connectivity index (χ1n) is 12.4. The van der Waals surface area contributed by atoms with Crippen molar-refractivity contribution in [1.82, 2.24) is 14.9 Å². The highest BCUT2D eigenvalue weighted by molar-refractivity contribution is 7.80. The van der Waals surface area contributed by atoms with Gasteiger partial charge in [0.1, 0.15) is 11.5 Å². The zero-order valence-corrected chi connectivity index (χ0v) is 22.2. The molecule has 0 unspecified atom stereocenters. The number of thiocarbonyl (C=S) groups is 1. The molecular formula is C30H32N4OS. The van der Waals surface area contributed by atoms with Gasteiger partial charge in [-0.2, -0.15) is 0 Å². The minimum Gasteiger partial charge on any atom is -0.457 e. The van der Waals surface area contributed by atoms with Crippen molar-refractivity contribution in [2.45, 2.75) is 52.7 Å². The molecule has 5 nitrogen and oxygen atoms in total. The maximum atomic E-state index is 6.14. The smallest absolute Gasteiger partial charge is 0.174 e. The maximum Gasteiger partial charge on any atom is 0.174 e. The van der Waals surface area contributed by atoms with E-state index in [2.05, 4.69) is 71.7 Å². The van der Waals surface area contributed by atoms with Crippen molar-refractivity contribution in [3.05, 3.63) is 107 Å². The van der Waals surface area contributed by atoms with E-state index in [1.807, 2.05) is 61.7 Å². The van der Waals surface area contributed by atoms with Gasteiger partial charge in [-0.05, 0) is 106 Å². The van der Waals surface area contributed by atoms with Crippen LogP contribution in [0.3, 0.4) is 0 Å². The number of anilines is 1. The lowest BCUT2D eigenvalue weighted by Gasteiger charge is -2.28. The summed E-state index contributed by atoms with van der Waals surface area (Å²) in [6.45, 7) is 10.9. The number of para-hydroxylation sites is 1. The van der Waals surface area contributed by atoms with Gasteiger partial charge in [0.15, 0.2) is 5.11 Å². The number of nitrogens with zero attached hydrogens (tertiary/aromatic N) is 3. The number of pyridine rings is 1. The molecule has 0 spiro atoms. The second kappa shape index (κ2) is 9.78. The molecule has 2 aromatic heterocycles. The number of nitrogens with one attached hydrogen (secondary N) is 1.